The van der Waals surface area contributed by atoms with Crippen LogP contribution in [0.15, 0.2) is 9.98 Å². The summed E-state index contributed by atoms with van der Waals surface area (Å²) in [7, 11) is 0. The van der Waals surface area contributed by atoms with E-state index in [1.54, 1.807) is 0 Å². The van der Waals surface area contributed by atoms with Crippen LogP contribution in [0, 0.1) is 23.7 Å². The normalized spacial score (nSPS) is 30.1. The fourth-order valence-electron chi connectivity index (χ4n) is 7.94. The number of carbonyl (C=O) groups excluding carboxylic acids is 4. The van der Waals surface area contributed by atoms with Gasteiger partial charge in [-0.25, -0.2) is 15.0 Å². The van der Waals surface area contributed by atoms with E-state index in [1.807, 2.05) is 0 Å². The van der Waals surface area contributed by atoms with Crippen molar-refractivity contribution in [2.45, 2.75) is 89.1 Å². The zero-order valence-corrected chi connectivity index (χ0v) is 24.3. The molecule has 11 heteroatoms. The number of thiazole rings is 2. The second kappa shape index (κ2) is 9.55. The van der Waals surface area contributed by atoms with Gasteiger partial charge in [0.2, 0.25) is 16.1 Å². The van der Waals surface area contributed by atoms with Crippen molar-refractivity contribution in [1.82, 2.24) is 9.97 Å². The Morgan fingerprint density at radius 2 is 1.07 bits per heavy atom. The molecule has 0 bridgehead atoms. The van der Waals surface area contributed by atoms with Gasteiger partial charge in [-0.3, -0.25) is 19.2 Å². The average molecular weight is 591 g/mol. The first kappa shape index (κ1) is 25.8. The quantitative estimate of drug-likeness (QED) is 0.427. The number of ether oxygens (including phenoxy) is 1. The van der Waals surface area contributed by atoms with E-state index in [0.29, 0.717) is 16.1 Å². The Bertz CT molecular complexity index is 1530. The molecule has 9 nitrogen and oxygen atoms in total. The Morgan fingerprint density at radius 3 is 1.59 bits per heavy atom. The van der Waals surface area contributed by atoms with Crippen LogP contribution in [0.5, 0.6) is 5.88 Å². The molecule has 4 atom stereocenters. The molecule has 1 aliphatic heterocycles. The average Bonchev–Trinajstić information content (AvgIpc) is 3.72. The lowest BCUT2D eigenvalue weighted by Crippen LogP contribution is -2.38. The topological polar surface area (TPSA) is 128 Å². The Balaban J connectivity index is 1.19. The van der Waals surface area contributed by atoms with Crippen LogP contribution in [0.4, 0.5) is 10.3 Å². The highest BCUT2D eigenvalue weighted by molar-refractivity contribution is 7.25. The zero-order valence-electron chi connectivity index (χ0n) is 22.6. The Morgan fingerprint density at radius 1 is 0.610 bits per heavy atom. The van der Waals surface area contributed by atoms with Crippen molar-refractivity contribution in [1.29, 1.82) is 0 Å². The van der Waals surface area contributed by atoms with Crippen molar-refractivity contribution in [2.24, 2.45) is 33.7 Å². The Hall–Kier alpha value is -2.92. The maximum atomic E-state index is 13.1. The molecule has 2 aromatic heterocycles. The predicted molar refractivity (Wildman–Crippen MR) is 154 cm³/mol. The summed E-state index contributed by atoms with van der Waals surface area (Å²) in [5.41, 5.74) is 0.200. The van der Waals surface area contributed by atoms with Crippen LogP contribution in [0.3, 0.4) is 0 Å². The molecule has 0 N–H and O–H groups in total. The first-order valence-electron chi connectivity index (χ1n) is 15.0. The minimum absolute atomic E-state index is 0.0247. The maximum absolute atomic E-state index is 13.1. The fourth-order valence-corrected chi connectivity index (χ4v) is 9.97. The van der Waals surface area contributed by atoms with Crippen LogP contribution < -0.4 is 4.74 Å². The van der Waals surface area contributed by atoms with Crippen molar-refractivity contribution >= 4 is 67.5 Å². The van der Waals surface area contributed by atoms with Gasteiger partial charge in [0.1, 0.15) is 10.6 Å². The summed E-state index contributed by atoms with van der Waals surface area (Å²) in [6, 6.07) is 0. The van der Waals surface area contributed by atoms with Crippen LogP contribution >= 0.6 is 22.7 Å². The van der Waals surface area contributed by atoms with E-state index >= 15 is 0 Å². The minimum atomic E-state index is -0.653. The monoisotopic (exact) mass is 590 g/mol. The molecule has 6 aliphatic rings. The number of aromatic nitrogens is 2. The molecule has 5 fully saturated rings. The molecule has 0 amide bonds. The van der Waals surface area contributed by atoms with Gasteiger partial charge in [0.25, 0.3) is 0 Å². The van der Waals surface area contributed by atoms with Gasteiger partial charge < -0.3 is 4.74 Å². The molecular formula is C30H30N4O5S2. The Kier molecular flexibility index (Phi) is 6.00. The third-order valence-electron chi connectivity index (χ3n) is 10.0. The molecule has 0 aromatic carbocycles. The fraction of sp³-hybridized carbons (Fsp3) is 0.600. The maximum Gasteiger partial charge on any atom is 0.236 e. The van der Waals surface area contributed by atoms with Gasteiger partial charge in [0.05, 0.1) is 4.88 Å². The zero-order chi connectivity index (χ0) is 27.9. The number of rotatable bonds is 2. The minimum Gasteiger partial charge on any atom is -0.463 e. The predicted octanol–water partition coefficient (Wildman–Crippen LogP) is 5.88. The van der Waals surface area contributed by atoms with Gasteiger partial charge in [0.15, 0.2) is 40.2 Å². The summed E-state index contributed by atoms with van der Waals surface area (Å²) in [4.78, 5) is 72.7. The standard InChI is InChI=1S/C30H30N4O5S2/c35-20-14-8-2-3-9-15(14)21(36)18(20)31-28-33-26-24(40-28)25-27(39-30(26)12-6-1-7-13-30)34-29(41-25)32-19-22(37)16-10-4-5-11-17(16)23(19)38/h14-17H,1-13H2. The first-order valence-corrected chi connectivity index (χ1v) is 16.6. The molecule has 3 heterocycles. The third kappa shape index (κ3) is 3.91. The van der Waals surface area contributed by atoms with E-state index in [0.717, 1.165) is 98.9 Å². The van der Waals surface area contributed by atoms with Crippen LogP contribution in [-0.2, 0) is 24.8 Å². The van der Waals surface area contributed by atoms with Crippen molar-refractivity contribution < 1.29 is 23.9 Å². The van der Waals surface area contributed by atoms with Crippen molar-refractivity contribution in [3.05, 3.63) is 5.69 Å². The number of hydrogen-bond acceptors (Lipinski definition) is 11. The molecule has 5 saturated carbocycles. The van der Waals surface area contributed by atoms with Gasteiger partial charge in [-0.05, 0) is 51.4 Å². The van der Waals surface area contributed by atoms with Gasteiger partial charge in [0, 0.05) is 23.7 Å². The summed E-state index contributed by atoms with van der Waals surface area (Å²) in [6.45, 7) is 0. The summed E-state index contributed by atoms with van der Waals surface area (Å²) in [5.74, 6) is -1.10. The molecule has 5 aliphatic carbocycles. The highest BCUT2D eigenvalue weighted by atomic mass is 32.1. The molecule has 212 valence electrons. The lowest BCUT2D eigenvalue weighted by atomic mass is 9.81. The smallest absolute Gasteiger partial charge is 0.236 e. The van der Waals surface area contributed by atoms with Crippen LogP contribution in [0.25, 0.3) is 9.75 Å². The number of nitrogens with zero attached hydrogens (tertiary/aromatic N) is 4. The van der Waals surface area contributed by atoms with Gasteiger partial charge in [-0.1, -0.05) is 54.8 Å². The van der Waals surface area contributed by atoms with Crippen molar-refractivity contribution in [2.75, 3.05) is 0 Å². The van der Waals surface area contributed by atoms with Crippen LogP contribution in [0.2, 0.25) is 0 Å². The lowest BCUT2D eigenvalue weighted by molar-refractivity contribution is -0.120. The van der Waals surface area contributed by atoms with E-state index in [2.05, 4.69) is 15.0 Å². The molecule has 4 unspecified atom stereocenters. The number of aliphatic imine (C=N–C) groups is 2. The second-order valence-electron chi connectivity index (χ2n) is 12.3. The Labute approximate surface area is 244 Å². The van der Waals surface area contributed by atoms with Gasteiger partial charge >= 0.3 is 0 Å². The SMILES string of the molecule is O=C1C(=Nc2nc3c(s2)-c2sc(N=C4C(=O)C5CCCCC5C4=O)nc2C2(CCCCC2)O3)C(=O)C2CCCCC12. The molecule has 0 radical (unpaired) electrons. The first-order chi connectivity index (χ1) is 19.9. The van der Waals surface area contributed by atoms with Crippen molar-refractivity contribution in [3.8, 4) is 15.6 Å². The number of ketones is 4. The third-order valence-corrected chi connectivity index (χ3v) is 12.1. The number of hydrogen-bond donors (Lipinski definition) is 0. The summed E-state index contributed by atoms with van der Waals surface area (Å²) in [6.07, 6.45) is 11.5. The highest BCUT2D eigenvalue weighted by Crippen LogP contribution is 2.56. The van der Waals surface area contributed by atoms with Crippen LogP contribution in [-0.4, -0.2) is 44.5 Å². The highest BCUT2D eigenvalue weighted by Gasteiger charge is 2.50. The molecule has 8 rings (SSSR count). The van der Waals surface area contributed by atoms with E-state index in [1.165, 1.54) is 22.7 Å². The number of fused-ring (bicyclic) bond motifs is 6. The van der Waals surface area contributed by atoms with Gasteiger partial charge in [-0.15, -0.1) is 0 Å². The van der Waals surface area contributed by atoms with E-state index in [-0.39, 0.29) is 58.2 Å². The molecule has 1 spiro atoms. The van der Waals surface area contributed by atoms with E-state index in [4.69, 9.17) is 9.72 Å². The van der Waals surface area contributed by atoms with Gasteiger partial charge in [-0.2, -0.15) is 4.98 Å². The van der Waals surface area contributed by atoms with E-state index < -0.39 is 5.60 Å². The lowest BCUT2D eigenvalue weighted by Gasteiger charge is -2.38. The molecular weight excluding hydrogens is 560 g/mol. The summed E-state index contributed by atoms with van der Waals surface area (Å²) in [5, 5.41) is 0.717. The molecule has 41 heavy (non-hydrogen) atoms. The van der Waals surface area contributed by atoms with Crippen molar-refractivity contribution in [3.63, 3.8) is 0 Å². The van der Waals surface area contributed by atoms with E-state index in [9.17, 15) is 19.2 Å². The summed E-state index contributed by atoms with van der Waals surface area (Å²) < 4.78 is 6.61. The number of carbonyl (C=O) groups is 4. The molecule has 2 aromatic rings. The number of Topliss-reactive ketones (excluding diaryl/α,β-unsaturated/α-hetero) is 4. The summed E-state index contributed by atoms with van der Waals surface area (Å²) >= 11 is 2.63. The van der Waals surface area contributed by atoms with Crippen LogP contribution in [0.1, 0.15) is 89.2 Å². The largest absolute Gasteiger partial charge is 0.463 e. The molecule has 0 saturated heterocycles. The second-order valence-corrected chi connectivity index (χ2v) is 14.3.